The molecule has 0 bridgehead atoms. The van der Waals surface area contributed by atoms with Gasteiger partial charge in [0, 0.05) is 7.05 Å². The molecule has 0 aliphatic heterocycles. The van der Waals surface area contributed by atoms with E-state index in [2.05, 4.69) is 15.4 Å². The maximum atomic E-state index is 12.4. The third-order valence-corrected chi connectivity index (χ3v) is 4.12. The van der Waals surface area contributed by atoms with E-state index >= 15 is 0 Å². The molecule has 0 fully saturated rings. The number of rotatable bonds is 3. The summed E-state index contributed by atoms with van der Waals surface area (Å²) in [7, 11) is 1.87. The molecule has 2 aromatic heterocycles. The Morgan fingerprint density at radius 2 is 2.09 bits per heavy atom. The smallest absolute Gasteiger partial charge is 0.251 e. The molecule has 0 saturated heterocycles. The fourth-order valence-electron chi connectivity index (χ4n) is 2.38. The summed E-state index contributed by atoms with van der Waals surface area (Å²) in [5.74, 6) is 0.315. The van der Waals surface area contributed by atoms with Crippen LogP contribution in [-0.2, 0) is 11.8 Å². The second-order valence-electron chi connectivity index (χ2n) is 5.17. The summed E-state index contributed by atoms with van der Waals surface area (Å²) in [6.07, 6.45) is 1.54. The van der Waals surface area contributed by atoms with Gasteiger partial charge in [-0.25, -0.2) is 4.98 Å². The first-order valence-corrected chi connectivity index (χ1v) is 7.28. The van der Waals surface area contributed by atoms with Crippen LogP contribution in [0.1, 0.15) is 18.7 Å². The van der Waals surface area contributed by atoms with Crippen molar-refractivity contribution in [2.75, 3.05) is 5.32 Å². The molecular weight excluding hydrogens is 302 g/mol. The van der Waals surface area contributed by atoms with Gasteiger partial charge in [-0.05, 0) is 26.0 Å². The molecule has 1 atom stereocenters. The number of fused-ring (bicyclic) bond motifs is 1. The average molecular weight is 318 g/mol. The first-order valence-electron chi connectivity index (χ1n) is 6.91. The molecular formula is C15H16ClN5O. The number of benzene rings is 1. The fourth-order valence-corrected chi connectivity index (χ4v) is 2.51. The number of para-hydroxylation sites is 2. The van der Waals surface area contributed by atoms with E-state index in [9.17, 15) is 4.79 Å². The fraction of sp³-hybridized carbons (Fsp3) is 0.267. The van der Waals surface area contributed by atoms with Crippen molar-refractivity contribution in [3.05, 3.63) is 41.2 Å². The third kappa shape index (κ3) is 2.35. The number of hydrogen-bond acceptors (Lipinski definition) is 3. The highest BCUT2D eigenvalue weighted by molar-refractivity contribution is 6.31. The van der Waals surface area contributed by atoms with Crippen LogP contribution in [0, 0.1) is 6.92 Å². The van der Waals surface area contributed by atoms with E-state index in [1.54, 1.807) is 11.6 Å². The van der Waals surface area contributed by atoms with Gasteiger partial charge in [0.2, 0.25) is 5.95 Å². The summed E-state index contributed by atoms with van der Waals surface area (Å²) < 4.78 is 3.45. The van der Waals surface area contributed by atoms with Gasteiger partial charge in [0.05, 0.1) is 27.9 Å². The van der Waals surface area contributed by atoms with Crippen molar-refractivity contribution < 1.29 is 4.79 Å². The van der Waals surface area contributed by atoms with Gasteiger partial charge in [0.25, 0.3) is 5.91 Å². The van der Waals surface area contributed by atoms with Crippen molar-refractivity contribution in [2.24, 2.45) is 7.05 Å². The van der Waals surface area contributed by atoms with E-state index in [-0.39, 0.29) is 5.91 Å². The van der Waals surface area contributed by atoms with Gasteiger partial charge < -0.3 is 4.57 Å². The third-order valence-electron chi connectivity index (χ3n) is 3.75. The van der Waals surface area contributed by atoms with Gasteiger partial charge in [0.1, 0.15) is 6.04 Å². The van der Waals surface area contributed by atoms with Crippen LogP contribution < -0.4 is 5.32 Å². The minimum absolute atomic E-state index is 0.193. The first-order chi connectivity index (χ1) is 10.5. The predicted molar refractivity (Wildman–Crippen MR) is 86.0 cm³/mol. The lowest BCUT2D eigenvalue weighted by molar-refractivity contribution is -0.119. The summed E-state index contributed by atoms with van der Waals surface area (Å²) in [5, 5.41) is 7.53. The summed E-state index contributed by atoms with van der Waals surface area (Å²) in [6, 6.07) is 7.24. The Morgan fingerprint density at radius 1 is 1.36 bits per heavy atom. The minimum Gasteiger partial charge on any atom is -0.313 e. The lowest BCUT2D eigenvalue weighted by Crippen LogP contribution is -2.26. The number of aromatic nitrogens is 4. The van der Waals surface area contributed by atoms with Gasteiger partial charge in [-0.3, -0.25) is 14.8 Å². The molecule has 114 valence electrons. The standard InChI is InChI=1S/C15H16ClN5O/c1-9-11(16)8-17-21(9)10(2)14(22)19-15-18-12-6-4-5-7-13(12)20(15)3/h4-8,10H,1-3H3,(H,18,19,22). The first kappa shape index (κ1) is 14.6. The number of carbonyl (C=O) groups excluding carboxylic acids is 1. The molecule has 6 nitrogen and oxygen atoms in total. The maximum Gasteiger partial charge on any atom is 0.251 e. The van der Waals surface area contributed by atoms with Crippen LogP contribution >= 0.6 is 11.6 Å². The van der Waals surface area contributed by atoms with Crippen molar-refractivity contribution in [1.82, 2.24) is 19.3 Å². The molecule has 1 unspecified atom stereocenters. The SMILES string of the molecule is Cc1c(Cl)cnn1C(C)C(=O)Nc1nc2ccccc2n1C. The van der Waals surface area contributed by atoms with Gasteiger partial charge in [-0.15, -0.1) is 0 Å². The number of amides is 1. The quantitative estimate of drug-likeness (QED) is 0.807. The summed E-state index contributed by atoms with van der Waals surface area (Å²) in [5.41, 5.74) is 2.56. The van der Waals surface area contributed by atoms with E-state index in [4.69, 9.17) is 11.6 Å². The van der Waals surface area contributed by atoms with Gasteiger partial charge in [-0.1, -0.05) is 23.7 Å². The highest BCUT2D eigenvalue weighted by atomic mass is 35.5. The Morgan fingerprint density at radius 3 is 2.73 bits per heavy atom. The average Bonchev–Trinajstić information content (AvgIpc) is 3.00. The van der Waals surface area contributed by atoms with Crippen molar-refractivity contribution >= 4 is 34.5 Å². The lowest BCUT2D eigenvalue weighted by atomic mass is 10.3. The number of imidazole rings is 1. The van der Waals surface area contributed by atoms with Crippen molar-refractivity contribution in [1.29, 1.82) is 0 Å². The Kier molecular flexibility index (Phi) is 3.62. The Hall–Kier alpha value is -2.34. The van der Waals surface area contributed by atoms with Crippen LogP contribution in [0.15, 0.2) is 30.5 Å². The largest absolute Gasteiger partial charge is 0.313 e. The van der Waals surface area contributed by atoms with Gasteiger partial charge in [0.15, 0.2) is 0 Å². The molecule has 0 radical (unpaired) electrons. The molecule has 1 N–H and O–H groups in total. The zero-order chi connectivity index (χ0) is 15.9. The number of aryl methyl sites for hydroxylation is 1. The van der Waals surface area contributed by atoms with E-state index in [1.807, 2.05) is 42.8 Å². The minimum atomic E-state index is -0.479. The number of hydrogen-bond donors (Lipinski definition) is 1. The molecule has 1 aromatic carbocycles. The van der Waals surface area contributed by atoms with Crippen LogP contribution in [0.4, 0.5) is 5.95 Å². The van der Waals surface area contributed by atoms with E-state index in [1.165, 1.54) is 6.20 Å². The highest BCUT2D eigenvalue weighted by Crippen LogP contribution is 2.21. The second kappa shape index (κ2) is 5.46. The Bertz CT molecular complexity index is 851. The molecule has 0 aliphatic rings. The number of nitrogens with zero attached hydrogens (tertiary/aromatic N) is 4. The Labute approximate surface area is 132 Å². The lowest BCUT2D eigenvalue weighted by Gasteiger charge is -2.14. The van der Waals surface area contributed by atoms with E-state index in [0.29, 0.717) is 11.0 Å². The zero-order valence-corrected chi connectivity index (χ0v) is 13.3. The van der Waals surface area contributed by atoms with Gasteiger partial charge in [-0.2, -0.15) is 5.10 Å². The Balaban J connectivity index is 1.86. The second-order valence-corrected chi connectivity index (χ2v) is 5.58. The summed E-state index contributed by atoms with van der Waals surface area (Å²) in [4.78, 5) is 16.9. The van der Waals surface area contributed by atoms with E-state index in [0.717, 1.165) is 16.7 Å². The topological polar surface area (TPSA) is 64.7 Å². The molecule has 22 heavy (non-hydrogen) atoms. The van der Waals surface area contributed by atoms with Crippen LogP contribution in [0.2, 0.25) is 5.02 Å². The summed E-state index contributed by atoms with van der Waals surface area (Å²) >= 11 is 5.99. The van der Waals surface area contributed by atoms with Crippen LogP contribution in [0.3, 0.4) is 0 Å². The number of carbonyl (C=O) groups is 1. The van der Waals surface area contributed by atoms with E-state index < -0.39 is 6.04 Å². The highest BCUT2D eigenvalue weighted by Gasteiger charge is 2.20. The summed E-state index contributed by atoms with van der Waals surface area (Å²) in [6.45, 7) is 3.60. The molecule has 1 amide bonds. The monoisotopic (exact) mass is 317 g/mol. The number of halogens is 1. The van der Waals surface area contributed by atoms with Crippen molar-refractivity contribution in [3.63, 3.8) is 0 Å². The van der Waals surface area contributed by atoms with Gasteiger partial charge >= 0.3 is 0 Å². The van der Waals surface area contributed by atoms with Crippen LogP contribution in [-0.4, -0.2) is 25.2 Å². The molecule has 3 aromatic rings. The molecule has 0 saturated carbocycles. The van der Waals surface area contributed by atoms with Crippen molar-refractivity contribution in [2.45, 2.75) is 19.9 Å². The number of anilines is 1. The van der Waals surface area contributed by atoms with Crippen LogP contribution in [0.5, 0.6) is 0 Å². The van der Waals surface area contributed by atoms with Crippen molar-refractivity contribution in [3.8, 4) is 0 Å². The zero-order valence-electron chi connectivity index (χ0n) is 12.5. The number of nitrogens with one attached hydrogen (secondary N) is 1. The molecule has 0 aliphatic carbocycles. The predicted octanol–water partition coefficient (Wildman–Crippen LogP) is 2.93. The molecule has 3 rings (SSSR count). The maximum absolute atomic E-state index is 12.4. The molecule has 7 heteroatoms. The molecule has 2 heterocycles. The van der Waals surface area contributed by atoms with Crippen LogP contribution in [0.25, 0.3) is 11.0 Å². The molecule has 0 spiro atoms. The normalized spacial score (nSPS) is 12.5.